The van der Waals surface area contributed by atoms with Gasteiger partial charge in [0.1, 0.15) is 0 Å². The van der Waals surface area contributed by atoms with Crippen molar-refractivity contribution in [3.63, 3.8) is 0 Å². The van der Waals surface area contributed by atoms with Crippen molar-refractivity contribution in [2.24, 2.45) is 5.92 Å². The van der Waals surface area contributed by atoms with Gasteiger partial charge >= 0.3 is 5.97 Å². The van der Waals surface area contributed by atoms with Crippen LogP contribution in [0.2, 0.25) is 0 Å². The van der Waals surface area contributed by atoms with Crippen molar-refractivity contribution < 1.29 is 9.90 Å². The second-order valence-corrected chi connectivity index (χ2v) is 4.42. The third-order valence-corrected chi connectivity index (χ3v) is 2.58. The van der Waals surface area contributed by atoms with Crippen molar-refractivity contribution >= 4 is 5.97 Å². The Morgan fingerprint density at radius 1 is 1.38 bits per heavy atom. The lowest BCUT2D eigenvalue weighted by Crippen LogP contribution is -2.28. The van der Waals surface area contributed by atoms with Crippen molar-refractivity contribution in [3.05, 3.63) is 35.4 Å². The van der Waals surface area contributed by atoms with Gasteiger partial charge in [0.05, 0.1) is 5.92 Å². The number of hydrogen-bond acceptors (Lipinski definition) is 2. The lowest BCUT2D eigenvalue weighted by atomic mass is 10.1. The molecule has 3 heteroatoms. The fraction of sp³-hybridized carbons (Fsp3) is 0.462. The van der Waals surface area contributed by atoms with Gasteiger partial charge in [-0.25, -0.2) is 0 Å². The monoisotopic (exact) mass is 221 g/mol. The Bertz CT molecular complexity index is 345. The van der Waals surface area contributed by atoms with E-state index in [0.29, 0.717) is 6.54 Å². The molecule has 0 amide bonds. The fourth-order valence-electron chi connectivity index (χ4n) is 1.62. The lowest BCUT2D eigenvalue weighted by molar-refractivity contribution is -0.141. The number of hydrogen-bond donors (Lipinski definition) is 1. The third kappa shape index (κ3) is 4.03. The summed E-state index contributed by atoms with van der Waals surface area (Å²) in [5, 5.41) is 8.81. The van der Waals surface area contributed by atoms with Gasteiger partial charge in [-0.15, -0.1) is 0 Å². The number of rotatable bonds is 5. The minimum Gasteiger partial charge on any atom is -0.481 e. The predicted octanol–water partition coefficient (Wildman–Crippen LogP) is 2.15. The van der Waals surface area contributed by atoms with Crippen LogP contribution in [0.25, 0.3) is 0 Å². The number of carboxylic acids is 1. The van der Waals surface area contributed by atoms with Gasteiger partial charge in [-0.05, 0) is 19.5 Å². The van der Waals surface area contributed by atoms with E-state index in [1.807, 2.05) is 11.9 Å². The van der Waals surface area contributed by atoms with E-state index in [2.05, 4.69) is 31.2 Å². The summed E-state index contributed by atoms with van der Waals surface area (Å²) in [5.41, 5.74) is 2.45. The topological polar surface area (TPSA) is 40.5 Å². The molecule has 1 aromatic rings. The van der Waals surface area contributed by atoms with E-state index in [0.717, 1.165) is 6.54 Å². The smallest absolute Gasteiger partial charge is 0.307 e. The largest absolute Gasteiger partial charge is 0.481 e. The maximum absolute atomic E-state index is 10.7. The Balaban J connectivity index is 2.48. The van der Waals surface area contributed by atoms with Crippen LogP contribution in [0.3, 0.4) is 0 Å². The summed E-state index contributed by atoms with van der Waals surface area (Å²) >= 11 is 0. The molecule has 0 aromatic heterocycles. The zero-order chi connectivity index (χ0) is 12.1. The van der Waals surface area contributed by atoms with Gasteiger partial charge in [-0.3, -0.25) is 4.79 Å². The first-order valence-electron chi connectivity index (χ1n) is 5.46. The van der Waals surface area contributed by atoms with Gasteiger partial charge < -0.3 is 10.0 Å². The van der Waals surface area contributed by atoms with Crippen molar-refractivity contribution in [2.75, 3.05) is 13.6 Å². The van der Waals surface area contributed by atoms with Crippen LogP contribution in [0.5, 0.6) is 0 Å². The molecule has 0 heterocycles. The number of carboxylic acid groups (broad SMARTS) is 1. The molecule has 1 atom stereocenters. The van der Waals surface area contributed by atoms with Crippen LogP contribution in [0.1, 0.15) is 18.1 Å². The SMILES string of the molecule is Cc1ccc(CN(C)CC(C)C(=O)O)cc1. The summed E-state index contributed by atoms with van der Waals surface area (Å²) in [4.78, 5) is 12.7. The van der Waals surface area contributed by atoms with E-state index in [1.165, 1.54) is 11.1 Å². The molecule has 1 N–H and O–H groups in total. The highest BCUT2D eigenvalue weighted by Gasteiger charge is 2.13. The van der Waals surface area contributed by atoms with Crippen molar-refractivity contribution in [3.8, 4) is 0 Å². The highest BCUT2D eigenvalue weighted by molar-refractivity contribution is 5.69. The number of aliphatic carboxylic acids is 1. The molecule has 1 unspecified atom stereocenters. The van der Waals surface area contributed by atoms with Crippen LogP contribution < -0.4 is 0 Å². The standard InChI is InChI=1S/C13H19NO2/c1-10-4-6-12(7-5-10)9-14(3)8-11(2)13(15)16/h4-7,11H,8-9H2,1-3H3,(H,15,16). The van der Waals surface area contributed by atoms with Gasteiger partial charge in [-0.2, -0.15) is 0 Å². The number of aryl methyl sites for hydroxylation is 1. The molecular formula is C13H19NO2. The van der Waals surface area contributed by atoms with Crippen LogP contribution in [0.15, 0.2) is 24.3 Å². The summed E-state index contributed by atoms with van der Waals surface area (Å²) in [7, 11) is 1.94. The molecule has 0 spiro atoms. The first kappa shape index (κ1) is 12.7. The summed E-state index contributed by atoms with van der Waals surface area (Å²) in [6.07, 6.45) is 0. The first-order valence-corrected chi connectivity index (χ1v) is 5.46. The Morgan fingerprint density at radius 2 is 1.94 bits per heavy atom. The lowest BCUT2D eigenvalue weighted by Gasteiger charge is -2.19. The summed E-state index contributed by atoms with van der Waals surface area (Å²) < 4.78 is 0. The van der Waals surface area contributed by atoms with Gasteiger partial charge in [0, 0.05) is 13.1 Å². The van der Waals surface area contributed by atoms with E-state index >= 15 is 0 Å². The zero-order valence-corrected chi connectivity index (χ0v) is 10.1. The van der Waals surface area contributed by atoms with Crippen molar-refractivity contribution in [1.29, 1.82) is 0 Å². The zero-order valence-electron chi connectivity index (χ0n) is 10.1. The van der Waals surface area contributed by atoms with E-state index in [4.69, 9.17) is 5.11 Å². The van der Waals surface area contributed by atoms with Gasteiger partial charge in [0.2, 0.25) is 0 Å². The molecule has 16 heavy (non-hydrogen) atoms. The second kappa shape index (κ2) is 5.66. The molecule has 0 aliphatic heterocycles. The second-order valence-electron chi connectivity index (χ2n) is 4.42. The number of benzene rings is 1. The molecular weight excluding hydrogens is 202 g/mol. The van der Waals surface area contributed by atoms with Crippen LogP contribution in [0.4, 0.5) is 0 Å². The van der Waals surface area contributed by atoms with E-state index < -0.39 is 5.97 Å². The van der Waals surface area contributed by atoms with E-state index in [-0.39, 0.29) is 5.92 Å². The Kier molecular flexibility index (Phi) is 4.50. The Hall–Kier alpha value is -1.35. The normalized spacial score (nSPS) is 12.8. The van der Waals surface area contributed by atoms with Gasteiger partial charge in [-0.1, -0.05) is 36.8 Å². The highest BCUT2D eigenvalue weighted by Crippen LogP contribution is 2.07. The van der Waals surface area contributed by atoms with Crippen molar-refractivity contribution in [1.82, 2.24) is 4.90 Å². The highest BCUT2D eigenvalue weighted by atomic mass is 16.4. The molecule has 0 radical (unpaired) electrons. The number of nitrogens with zero attached hydrogens (tertiary/aromatic N) is 1. The van der Waals surface area contributed by atoms with Crippen LogP contribution in [-0.2, 0) is 11.3 Å². The molecule has 0 fully saturated rings. The number of carbonyl (C=O) groups is 1. The quantitative estimate of drug-likeness (QED) is 0.828. The average molecular weight is 221 g/mol. The first-order chi connectivity index (χ1) is 7.49. The minimum absolute atomic E-state index is 0.324. The molecule has 1 rings (SSSR count). The molecule has 3 nitrogen and oxygen atoms in total. The van der Waals surface area contributed by atoms with E-state index in [1.54, 1.807) is 6.92 Å². The molecule has 0 aliphatic rings. The average Bonchev–Trinajstić information content (AvgIpc) is 2.21. The van der Waals surface area contributed by atoms with Gasteiger partial charge in [0.25, 0.3) is 0 Å². The molecule has 0 bridgehead atoms. The Labute approximate surface area is 96.7 Å². The summed E-state index contributed by atoms with van der Waals surface area (Å²) in [6, 6.07) is 8.31. The summed E-state index contributed by atoms with van der Waals surface area (Å²) in [5.74, 6) is -1.06. The van der Waals surface area contributed by atoms with E-state index in [9.17, 15) is 4.79 Å². The van der Waals surface area contributed by atoms with Crippen LogP contribution in [0, 0.1) is 12.8 Å². The predicted molar refractivity (Wildman–Crippen MR) is 64.3 cm³/mol. The molecule has 88 valence electrons. The fourth-order valence-corrected chi connectivity index (χ4v) is 1.62. The third-order valence-electron chi connectivity index (χ3n) is 2.58. The van der Waals surface area contributed by atoms with Crippen LogP contribution >= 0.6 is 0 Å². The molecule has 0 saturated carbocycles. The van der Waals surface area contributed by atoms with Gasteiger partial charge in [0.15, 0.2) is 0 Å². The maximum Gasteiger partial charge on any atom is 0.307 e. The maximum atomic E-state index is 10.7. The summed E-state index contributed by atoms with van der Waals surface area (Å²) in [6.45, 7) is 5.15. The Morgan fingerprint density at radius 3 is 2.44 bits per heavy atom. The molecule has 0 aliphatic carbocycles. The molecule has 1 aromatic carbocycles. The minimum atomic E-state index is -0.740. The van der Waals surface area contributed by atoms with Crippen LogP contribution in [-0.4, -0.2) is 29.6 Å². The van der Waals surface area contributed by atoms with Crippen molar-refractivity contribution in [2.45, 2.75) is 20.4 Å². The molecule has 0 saturated heterocycles.